The highest BCUT2D eigenvalue weighted by Gasteiger charge is 2.19. The predicted molar refractivity (Wildman–Crippen MR) is 90.4 cm³/mol. The van der Waals surface area contributed by atoms with Crippen LogP contribution in [0.1, 0.15) is 10.4 Å². The molecule has 2 aromatic rings. The lowest BCUT2D eigenvalue weighted by atomic mass is 10.1. The van der Waals surface area contributed by atoms with E-state index in [1.807, 2.05) is 24.3 Å². The first-order chi connectivity index (χ1) is 10.3. The van der Waals surface area contributed by atoms with E-state index in [0.29, 0.717) is 0 Å². The van der Waals surface area contributed by atoms with Crippen LogP contribution < -0.4 is 9.80 Å². The lowest BCUT2D eigenvalue weighted by Gasteiger charge is -2.37. The van der Waals surface area contributed by atoms with E-state index in [9.17, 15) is 4.79 Å². The summed E-state index contributed by atoms with van der Waals surface area (Å²) < 4.78 is 0.941. The Labute approximate surface area is 133 Å². The molecule has 2 aromatic carbocycles. The molecule has 0 N–H and O–H groups in total. The number of hydrogen-bond donors (Lipinski definition) is 0. The maximum atomic E-state index is 11.3. The predicted octanol–water partition coefficient (Wildman–Crippen LogP) is 3.59. The van der Waals surface area contributed by atoms with Gasteiger partial charge in [0.2, 0.25) is 0 Å². The number of para-hydroxylation sites is 1. The van der Waals surface area contributed by atoms with Crippen molar-refractivity contribution in [2.75, 3.05) is 36.0 Å². The first-order valence-corrected chi connectivity index (χ1v) is 7.87. The topological polar surface area (TPSA) is 23.6 Å². The normalized spacial score (nSPS) is 15.1. The second-order valence-electron chi connectivity index (χ2n) is 5.13. The molecule has 0 radical (unpaired) electrons. The zero-order chi connectivity index (χ0) is 14.7. The summed E-state index contributed by atoms with van der Waals surface area (Å²) in [6.45, 7) is 3.80. The molecule has 1 aliphatic rings. The number of carbonyl (C=O) groups excluding carboxylic acids is 1. The van der Waals surface area contributed by atoms with Gasteiger partial charge in [-0.05, 0) is 30.3 Å². The molecule has 0 saturated carbocycles. The van der Waals surface area contributed by atoms with Crippen LogP contribution in [0.4, 0.5) is 11.4 Å². The Hall–Kier alpha value is -1.81. The van der Waals surface area contributed by atoms with Crippen LogP contribution in [0, 0.1) is 0 Å². The maximum absolute atomic E-state index is 11.3. The molecule has 3 rings (SSSR count). The molecule has 0 aliphatic carbocycles. The number of hydrogen-bond acceptors (Lipinski definition) is 3. The quantitative estimate of drug-likeness (QED) is 0.795. The minimum Gasteiger partial charge on any atom is -0.368 e. The van der Waals surface area contributed by atoms with Crippen LogP contribution in [0.25, 0.3) is 0 Å². The molecule has 3 nitrogen and oxygen atoms in total. The molecule has 0 aromatic heterocycles. The molecule has 0 atom stereocenters. The first kappa shape index (κ1) is 14.1. The average molecular weight is 345 g/mol. The van der Waals surface area contributed by atoms with Gasteiger partial charge >= 0.3 is 0 Å². The first-order valence-electron chi connectivity index (χ1n) is 7.07. The smallest absolute Gasteiger partial charge is 0.152 e. The summed E-state index contributed by atoms with van der Waals surface area (Å²) in [4.78, 5) is 15.9. The van der Waals surface area contributed by atoms with Crippen LogP contribution in [0.3, 0.4) is 0 Å². The van der Waals surface area contributed by atoms with Gasteiger partial charge in [0.25, 0.3) is 0 Å². The van der Waals surface area contributed by atoms with Crippen LogP contribution >= 0.6 is 15.9 Å². The molecule has 1 heterocycles. The number of benzene rings is 2. The second kappa shape index (κ2) is 6.31. The van der Waals surface area contributed by atoms with Gasteiger partial charge in [-0.2, -0.15) is 0 Å². The van der Waals surface area contributed by atoms with E-state index >= 15 is 0 Å². The van der Waals surface area contributed by atoms with Crippen LogP contribution in [0.2, 0.25) is 0 Å². The van der Waals surface area contributed by atoms with Crippen molar-refractivity contribution in [1.29, 1.82) is 0 Å². The van der Waals surface area contributed by atoms with Gasteiger partial charge in [-0.3, -0.25) is 4.79 Å². The third-order valence-corrected chi connectivity index (χ3v) is 4.35. The van der Waals surface area contributed by atoms with E-state index < -0.39 is 0 Å². The Morgan fingerprint density at radius 2 is 1.57 bits per heavy atom. The molecular formula is C17H17BrN2O. The molecule has 1 aliphatic heterocycles. The van der Waals surface area contributed by atoms with E-state index in [4.69, 9.17) is 0 Å². The Morgan fingerprint density at radius 3 is 2.24 bits per heavy atom. The van der Waals surface area contributed by atoms with E-state index in [0.717, 1.165) is 48.2 Å². The number of nitrogens with zero attached hydrogens (tertiary/aromatic N) is 2. The van der Waals surface area contributed by atoms with Gasteiger partial charge in [-0.15, -0.1) is 0 Å². The van der Waals surface area contributed by atoms with Gasteiger partial charge < -0.3 is 9.80 Å². The summed E-state index contributed by atoms with van der Waals surface area (Å²) in [5.41, 5.74) is 3.04. The molecular weight excluding hydrogens is 328 g/mol. The maximum Gasteiger partial charge on any atom is 0.152 e. The van der Waals surface area contributed by atoms with Gasteiger partial charge in [-0.1, -0.05) is 34.1 Å². The van der Waals surface area contributed by atoms with Crippen molar-refractivity contribution >= 4 is 33.6 Å². The van der Waals surface area contributed by atoms with E-state index in [1.165, 1.54) is 5.69 Å². The summed E-state index contributed by atoms with van der Waals surface area (Å²) in [7, 11) is 0. The van der Waals surface area contributed by atoms with Gasteiger partial charge in [0.05, 0.1) is 0 Å². The van der Waals surface area contributed by atoms with Crippen molar-refractivity contribution in [1.82, 2.24) is 0 Å². The van der Waals surface area contributed by atoms with Gasteiger partial charge in [0.15, 0.2) is 6.29 Å². The molecule has 1 fully saturated rings. The zero-order valence-corrected chi connectivity index (χ0v) is 13.3. The van der Waals surface area contributed by atoms with Gasteiger partial charge in [0.1, 0.15) is 0 Å². The van der Waals surface area contributed by atoms with Crippen LogP contribution in [0.5, 0.6) is 0 Å². The van der Waals surface area contributed by atoms with Crippen molar-refractivity contribution < 1.29 is 4.79 Å². The average Bonchev–Trinajstić information content (AvgIpc) is 2.56. The SMILES string of the molecule is O=Cc1cc(Br)ccc1N1CCN(c2ccccc2)CC1. The monoisotopic (exact) mass is 344 g/mol. The van der Waals surface area contributed by atoms with Crippen molar-refractivity contribution in [3.63, 3.8) is 0 Å². The highest BCUT2D eigenvalue weighted by molar-refractivity contribution is 9.10. The van der Waals surface area contributed by atoms with Crippen LogP contribution in [-0.2, 0) is 0 Å². The van der Waals surface area contributed by atoms with Crippen molar-refractivity contribution in [2.24, 2.45) is 0 Å². The Kier molecular flexibility index (Phi) is 4.25. The molecule has 21 heavy (non-hydrogen) atoms. The summed E-state index contributed by atoms with van der Waals surface area (Å²) >= 11 is 3.42. The van der Waals surface area contributed by atoms with Crippen molar-refractivity contribution in [3.05, 3.63) is 58.6 Å². The zero-order valence-electron chi connectivity index (χ0n) is 11.7. The largest absolute Gasteiger partial charge is 0.368 e. The molecule has 108 valence electrons. The Morgan fingerprint density at radius 1 is 0.905 bits per heavy atom. The highest BCUT2D eigenvalue weighted by atomic mass is 79.9. The van der Waals surface area contributed by atoms with Gasteiger partial charge in [-0.25, -0.2) is 0 Å². The minimum absolute atomic E-state index is 0.748. The number of halogens is 1. The minimum atomic E-state index is 0.748. The number of aldehydes is 1. The molecule has 0 spiro atoms. The fourth-order valence-electron chi connectivity index (χ4n) is 2.75. The number of anilines is 2. The molecule has 4 heteroatoms. The highest BCUT2D eigenvalue weighted by Crippen LogP contribution is 2.25. The van der Waals surface area contributed by atoms with E-state index in [2.05, 4.69) is 50.0 Å². The number of piperazine rings is 1. The van der Waals surface area contributed by atoms with Crippen LogP contribution in [0.15, 0.2) is 53.0 Å². The standard InChI is InChI=1S/C17H17BrN2O/c18-15-6-7-17(14(12-15)13-21)20-10-8-19(9-11-20)16-4-2-1-3-5-16/h1-7,12-13H,8-11H2. The van der Waals surface area contributed by atoms with E-state index in [1.54, 1.807) is 0 Å². The Balaban J connectivity index is 1.73. The lowest BCUT2D eigenvalue weighted by Crippen LogP contribution is -2.46. The number of rotatable bonds is 3. The summed E-state index contributed by atoms with van der Waals surface area (Å²) in [6, 6.07) is 16.4. The summed E-state index contributed by atoms with van der Waals surface area (Å²) in [5, 5.41) is 0. The molecule has 0 amide bonds. The molecule has 0 unspecified atom stereocenters. The van der Waals surface area contributed by atoms with E-state index in [-0.39, 0.29) is 0 Å². The van der Waals surface area contributed by atoms with Crippen molar-refractivity contribution in [2.45, 2.75) is 0 Å². The molecule has 0 bridgehead atoms. The third-order valence-electron chi connectivity index (χ3n) is 3.86. The van der Waals surface area contributed by atoms with Gasteiger partial charge in [0, 0.05) is 47.6 Å². The Bertz CT molecular complexity index is 622. The second-order valence-corrected chi connectivity index (χ2v) is 6.05. The molecule has 1 saturated heterocycles. The number of carbonyl (C=O) groups is 1. The fourth-order valence-corrected chi connectivity index (χ4v) is 3.13. The summed E-state index contributed by atoms with van der Waals surface area (Å²) in [6.07, 6.45) is 0.934. The van der Waals surface area contributed by atoms with Crippen LogP contribution in [-0.4, -0.2) is 32.5 Å². The summed E-state index contributed by atoms with van der Waals surface area (Å²) in [5.74, 6) is 0. The fraction of sp³-hybridized carbons (Fsp3) is 0.235. The third kappa shape index (κ3) is 3.10. The van der Waals surface area contributed by atoms with Crippen molar-refractivity contribution in [3.8, 4) is 0 Å². The lowest BCUT2D eigenvalue weighted by molar-refractivity contribution is 0.112.